The van der Waals surface area contributed by atoms with Crippen LogP contribution in [0.4, 0.5) is 11.4 Å². The van der Waals surface area contributed by atoms with Gasteiger partial charge in [0.2, 0.25) is 0 Å². The standard InChI is InChI=1S/C24H19N3O5/c28-22(17-8-10-18(11-9-17)26-23(29)20-6-2-12-31-20)25-15-16-4-1-5-19(14-16)27-24(30)21-7-3-13-32-21/h1-14H,15H2,(H,25,28)(H,26,29)(H,27,30). The molecule has 0 aliphatic rings. The van der Waals surface area contributed by atoms with Crippen molar-refractivity contribution in [1.29, 1.82) is 0 Å². The van der Waals surface area contributed by atoms with E-state index in [-0.39, 0.29) is 35.8 Å². The largest absolute Gasteiger partial charge is 0.459 e. The Morgan fingerprint density at radius 1 is 0.656 bits per heavy atom. The Morgan fingerprint density at radius 2 is 1.28 bits per heavy atom. The molecule has 0 atom stereocenters. The Labute approximate surface area is 183 Å². The van der Waals surface area contributed by atoms with Gasteiger partial charge in [-0.2, -0.15) is 0 Å². The summed E-state index contributed by atoms with van der Waals surface area (Å²) < 4.78 is 10.1. The van der Waals surface area contributed by atoms with Crippen LogP contribution < -0.4 is 16.0 Å². The van der Waals surface area contributed by atoms with Crippen molar-refractivity contribution in [3.05, 3.63) is 108 Å². The van der Waals surface area contributed by atoms with E-state index in [0.717, 1.165) is 5.56 Å². The van der Waals surface area contributed by atoms with Crippen LogP contribution in [0.3, 0.4) is 0 Å². The van der Waals surface area contributed by atoms with Gasteiger partial charge in [-0.1, -0.05) is 12.1 Å². The average Bonchev–Trinajstić information content (AvgIpc) is 3.53. The van der Waals surface area contributed by atoms with Crippen molar-refractivity contribution in [2.75, 3.05) is 10.6 Å². The number of carbonyl (C=O) groups is 3. The molecule has 0 spiro atoms. The minimum atomic E-state index is -0.369. The maximum absolute atomic E-state index is 12.5. The molecule has 4 aromatic rings. The Morgan fingerprint density at radius 3 is 1.88 bits per heavy atom. The van der Waals surface area contributed by atoms with E-state index in [2.05, 4.69) is 16.0 Å². The Bertz CT molecular complexity index is 1210. The molecule has 0 fully saturated rings. The molecular formula is C24H19N3O5. The molecule has 2 aromatic carbocycles. The van der Waals surface area contributed by atoms with Crippen molar-refractivity contribution < 1.29 is 23.2 Å². The summed E-state index contributed by atoms with van der Waals surface area (Å²) in [4.78, 5) is 36.6. The van der Waals surface area contributed by atoms with Crippen LogP contribution >= 0.6 is 0 Å². The molecule has 0 aliphatic carbocycles. The number of furan rings is 2. The van der Waals surface area contributed by atoms with Gasteiger partial charge in [0.15, 0.2) is 11.5 Å². The summed E-state index contributed by atoms with van der Waals surface area (Å²) >= 11 is 0. The highest BCUT2D eigenvalue weighted by atomic mass is 16.3. The third kappa shape index (κ3) is 5.11. The second kappa shape index (κ2) is 9.48. The van der Waals surface area contributed by atoms with Crippen LogP contribution in [0, 0.1) is 0 Å². The van der Waals surface area contributed by atoms with Crippen LogP contribution in [-0.2, 0) is 6.54 Å². The summed E-state index contributed by atoms with van der Waals surface area (Å²) in [5.41, 5.74) is 2.40. The van der Waals surface area contributed by atoms with Crippen molar-refractivity contribution in [2.24, 2.45) is 0 Å². The van der Waals surface area contributed by atoms with Gasteiger partial charge in [0.1, 0.15) is 0 Å². The minimum Gasteiger partial charge on any atom is -0.459 e. The quantitative estimate of drug-likeness (QED) is 0.405. The summed E-state index contributed by atoms with van der Waals surface area (Å²) in [5.74, 6) is -0.567. The van der Waals surface area contributed by atoms with Gasteiger partial charge in [-0.15, -0.1) is 0 Å². The molecule has 2 heterocycles. The predicted molar refractivity (Wildman–Crippen MR) is 117 cm³/mol. The van der Waals surface area contributed by atoms with E-state index < -0.39 is 0 Å². The molecule has 4 rings (SSSR count). The van der Waals surface area contributed by atoms with E-state index in [1.165, 1.54) is 12.5 Å². The Hall–Kier alpha value is -4.59. The fourth-order valence-electron chi connectivity index (χ4n) is 2.95. The van der Waals surface area contributed by atoms with E-state index in [4.69, 9.17) is 8.83 Å². The second-order valence-electron chi connectivity index (χ2n) is 6.82. The van der Waals surface area contributed by atoms with Crippen LogP contribution in [0.1, 0.15) is 37.0 Å². The first-order chi connectivity index (χ1) is 15.6. The molecule has 160 valence electrons. The van der Waals surface area contributed by atoms with Gasteiger partial charge < -0.3 is 24.8 Å². The van der Waals surface area contributed by atoms with E-state index in [1.54, 1.807) is 66.7 Å². The Balaban J connectivity index is 1.31. The summed E-state index contributed by atoms with van der Waals surface area (Å²) in [5, 5.41) is 8.28. The maximum atomic E-state index is 12.5. The normalized spacial score (nSPS) is 10.4. The number of rotatable bonds is 7. The van der Waals surface area contributed by atoms with Crippen LogP contribution in [-0.4, -0.2) is 17.7 Å². The minimum absolute atomic E-state index is 0.203. The molecular weight excluding hydrogens is 410 g/mol. The van der Waals surface area contributed by atoms with Gasteiger partial charge in [-0.25, -0.2) is 0 Å². The van der Waals surface area contributed by atoms with Crippen molar-refractivity contribution >= 4 is 29.1 Å². The topological polar surface area (TPSA) is 114 Å². The third-order valence-corrected chi connectivity index (χ3v) is 4.53. The van der Waals surface area contributed by atoms with Crippen LogP contribution in [0.5, 0.6) is 0 Å². The van der Waals surface area contributed by atoms with E-state index in [9.17, 15) is 14.4 Å². The molecule has 8 heteroatoms. The Kier molecular flexibility index (Phi) is 6.12. The van der Waals surface area contributed by atoms with Crippen molar-refractivity contribution in [3.63, 3.8) is 0 Å². The van der Waals surface area contributed by atoms with E-state index in [1.807, 2.05) is 6.07 Å². The first-order valence-corrected chi connectivity index (χ1v) is 9.75. The van der Waals surface area contributed by atoms with E-state index >= 15 is 0 Å². The van der Waals surface area contributed by atoms with Gasteiger partial charge in [0.25, 0.3) is 17.7 Å². The number of anilines is 2. The van der Waals surface area contributed by atoms with Gasteiger partial charge in [0.05, 0.1) is 12.5 Å². The molecule has 3 amide bonds. The lowest BCUT2D eigenvalue weighted by atomic mass is 10.1. The second-order valence-corrected chi connectivity index (χ2v) is 6.82. The van der Waals surface area contributed by atoms with Gasteiger partial charge in [-0.3, -0.25) is 14.4 Å². The van der Waals surface area contributed by atoms with Crippen molar-refractivity contribution in [3.8, 4) is 0 Å². The van der Waals surface area contributed by atoms with Crippen LogP contribution in [0.2, 0.25) is 0 Å². The van der Waals surface area contributed by atoms with Crippen LogP contribution in [0.15, 0.2) is 94.2 Å². The first-order valence-electron chi connectivity index (χ1n) is 9.75. The van der Waals surface area contributed by atoms with Crippen LogP contribution in [0.25, 0.3) is 0 Å². The molecule has 2 aromatic heterocycles. The number of hydrogen-bond acceptors (Lipinski definition) is 5. The summed E-state index contributed by atoms with van der Waals surface area (Å²) in [6.07, 6.45) is 2.85. The number of benzene rings is 2. The van der Waals surface area contributed by atoms with Gasteiger partial charge >= 0.3 is 0 Å². The fraction of sp³-hybridized carbons (Fsp3) is 0.0417. The lowest BCUT2D eigenvalue weighted by Gasteiger charge is -2.09. The highest BCUT2D eigenvalue weighted by molar-refractivity contribution is 6.03. The molecule has 0 aliphatic heterocycles. The third-order valence-electron chi connectivity index (χ3n) is 4.53. The molecule has 32 heavy (non-hydrogen) atoms. The fourth-order valence-corrected chi connectivity index (χ4v) is 2.95. The summed E-state index contributed by atoms with van der Waals surface area (Å²) in [6, 6.07) is 20.1. The first kappa shape index (κ1) is 20.7. The highest BCUT2D eigenvalue weighted by Crippen LogP contribution is 2.14. The molecule has 0 bridgehead atoms. The maximum Gasteiger partial charge on any atom is 0.291 e. The van der Waals surface area contributed by atoms with Crippen molar-refractivity contribution in [2.45, 2.75) is 6.54 Å². The highest BCUT2D eigenvalue weighted by Gasteiger charge is 2.11. The number of carbonyl (C=O) groups excluding carboxylic acids is 3. The van der Waals surface area contributed by atoms with E-state index in [0.29, 0.717) is 16.9 Å². The SMILES string of the molecule is O=C(NCc1cccc(NC(=O)c2ccco2)c1)c1ccc(NC(=O)c2ccco2)cc1. The average molecular weight is 429 g/mol. The lowest BCUT2D eigenvalue weighted by Crippen LogP contribution is -2.23. The molecule has 8 nitrogen and oxygen atoms in total. The van der Waals surface area contributed by atoms with Gasteiger partial charge in [0, 0.05) is 23.5 Å². The number of nitrogens with one attached hydrogen (secondary N) is 3. The molecule has 0 radical (unpaired) electrons. The number of amides is 3. The molecule has 0 unspecified atom stereocenters. The predicted octanol–water partition coefficient (Wildman–Crippen LogP) is 4.31. The lowest BCUT2D eigenvalue weighted by molar-refractivity contribution is 0.0949. The number of hydrogen-bond donors (Lipinski definition) is 3. The molecule has 0 saturated carbocycles. The van der Waals surface area contributed by atoms with Gasteiger partial charge in [-0.05, 0) is 66.2 Å². The van der Waals surface area contributed by atoms with Crippen molar-refractivity contribution in [1.82, 2.24) is 5.32 Å². The monoisotopic (exact) mass is 429 g/mol. The summed E-state index contributed by atoms with van der Waals surface area (Å²) in [6.45, 7) is 0.278. The zero-order chi connectivity index (χ0) is 22.3. The zero-order valence-electron chi connectivity index (χ0n) is 16.8. The summed E-state index contributed by atoms with van der Waals surface area (Å²) in [7, 11) is 0. The molecule has 3 N–H and O–H groups in total. The molecule has 0 saturated heterocycles. The smallest absolute Gasteiger partial charge is 0.291 e. The zero-order valence-corrected chi connectivity index (χ0v) is 16.8.